The zero-order valence-electron chi connectivity index (χ0n) is 16.9. The van der Waals surface area contributed by atoms with Crippen LogP contribution in [-0.4, -0.2) is 18.0 Å². The van der Waals surface area contributed by atoms with Gasteiger partial charge in [-0.3, -0.25) is 4.79 Å². The summed E-state index contributed by atoms with van der Waals surface area (Å²) in [6.07, 6.45) is 1.45. The molecule has 0 spiro atoms. The third-order valence-corrected chi connectivity index (χ3v) is 4.15. The summed E-state index contributed by atoms with van der Waals surface area (Å²) in [5.74, 6) is 0.654. The van der Waals surface area contributed by atoms with Gasteiger partial charge in [0.05, 0.1) is 12.7 Å². The minimum atomic E-state index is -0.161. The first-order chi connectivity index (χ1) is 13.7. The van der Waals surface area contributed by atoms with E-state index in [1.807, 2.05) is 52.0 Å². The summed E-state index contributed by atoms with van der Waals surface area (Å²) in [5, 5.41) is 12.3. The summed E-state index contributed by atoms with van der Waals surface area (Å²) in [6.45, 7) is 8.00. The smallest absolute Gasteiger partial charge is 0.196 e. The van der Waals surface area contributed by atoms with E-state index in [9.17, 15) is 9.90 Å². The summed E-state index contributed by atoms with van der Waals surface area (Å²) in [4.78, 5) is 12.8. The van der Waals surface area contributed by atoms with E-state index in [-0.39, 0.29) is 11.5 Å². The van der Waals surface area contributed by atoms with Crippen molar-refractivity contribution in [2.24, 2.45) is 0 Å². The minimum Gasteiger partial charge on any atom is -0.507 e. The predicted molar refractivity (Wildman–Crippen MR) is 115 cm³/mol. The second-order valence-electron chi connectivity index (χ2n) is 5.52. The number of hydrogen-bond acceptors (Lipinski definition) is 4. The highest BCUT2D eigenvalue weighted by Crippen LogP contribution is 2.36. The van der Waals surface area contributed by atoms with Gasteiger partial charge in [-0.05, 0) is 30.3 Å². The first kappa shape index (κ1) is 21.0. The standard InChI is InChI=1S/C20H14O4.2C2H6/c1-23-13-8-6-12(7-9-13)19(22)17-11-24-20-15-5-3-2-4-14(15)18(21)10-16(17)20;2*1-2/h2-11,21H,1H3;2*1-2H3. The van der Waals surface area contributed by atoms with Crippen molar-refractivity contribution >= 4 is 27.5 Å². The van der Waals surface area contributed by atoms with Crippen LogP contribution in [0.4, 0.5) is 0 Å². The lowest BCUT2D eigenvalue weighted by Gasteiger charge is -2.04. The number of fused-ring (bicyclic) bond motifs is 3. The molecule has 0 atom stereocenters. The van der Waals surface area contributed by atoms with E-state index in [2.05, 4.69) is 0 Å². The Kier molecular flexibility index (Phi) is 7.21. The molecule has 28 heavy (non-hydrogen) atoms. The molecule has 0 radical (unpaired) electrons. The Hall–Kier alpha value is -3.27. The van der Waals surface area contributed by atoms with Gasteiger partial charge >= 0.3 is 0 Å². The fourth-order valence-corrected chi connectivity index (χ4v) is 2.91. The third kappa shape index (κ3) is 3.86. The van der Waals surface area contributed by atoms with Crippen LogP contribution in [0.1, 0.15) is 43.6 Å². The largest absolute Gasteiger partial charge is 0.507 e. The fraction of sp³-hybridized carbons (Fsp3) is 0.208. The summed E-state index contributed by atoms with van der Waals surface area (Å²) in [7, 11) is 1.58. The number of ether oxygens (including phenoxy) is 1. The second-order valence-corrected chi connectivity index (χ2v) is 5.52. The predicted octanol–water partition coefficient (Wildman–Crippen LogP) is 6.58. The molecular weight excluding hydrogens is 352 g/mol. The van der Waals surface area contributed by atoms with Crippen LogP contribution in [0.25, 0.3) is 21.7 Å². The third-order valence-electron chi connectivity index (χ3n) is 4.15. The molecule has 146 valence electrons. The van der Waals surface area contributed by atoms with Crippen LogP contribution in [0.15, 0.2) is 65.3 Å². The SMILES string of the molecule is CC.CC.COc1ccc(C(=O)c2coc3c2cc(O)c2ccccc23)cc1. The molecule has 4 heteroatoms. The van der Waals surface area contributed by atoms with Crippen LogP contribution in [0.3, 0.4) is 0 Å². The normalized spacial score (nSPS) is 9.89. The van der Waals surface area contributed by atoms with Crippen molar-refractivity contribution in [1.29, 1.82) is 0 Å². The van der Waals surface area contributed by atoms with Crippen LogP contribution >= 0.6 is 0 Å². The number of carbonyl (C=O) groups excluding carboxylic acids is 1. The Balaban J connectivity index is 0.000000660. The minimum absolute atomic E-state index is 0.128. The first-order valence-corrected chi connectivity index (χ1v) is 9.49. The molecule has 0 aliphatic carbocycles. The Morgan fingerprint density at radius 1 is 0.893 bits per heavy atom. The summed E-state index contributed by atoms with van der Waals surface area (Å²) < 4.78 is 10.8. The van der Waals surface area contributed by atoms with Gasteiger partial charge in [0, 0.05) is 21.7 Å². The van der Waals surface area contributed by atoms with Crippen molar-refractivity contribution in [3.05, 3.63) is 72.0 Å². The molecule has 3 aromatic carbocycles. The van der Waals surface area contributed by atoms with Crippen molar-refractivity contribution < 1.29 is 19.1 Å². The van der Waals surface area contributed by atoms with E-state index in [4.69, 9.17) is 9.15 Å². The highest BCUT2D eigenvalue weighted by molar-refractivity contribution is 6.20. The number of benzene rings is 3. The van der Waals surface area contributed by atoms with E-state index in [1.54, 1.807) is 37.4 Å². The lowest BCUT2D eigenvalue weighted by molar-refractivity contribution is 0.103. The maximum Gasteiger partial charge on any atom is 0.196 e. The highest BCUT2D eigenvalue weighted by atomic mass is 16.5. The molecular formula is C24H26O4. The van der Waals surface area contributed by atoms with E-state index in [0.717, 1.165) is 5.39 Å². The van der Waals surface area contributed by atoms with Gasteiger partial charge in [0.15, 0.2) is 5.78 Å². The molecule has 0 aliphatic heterocycles. The number of carbonyl (C=O) groups is 1. The van der Waals surface area contributed by atoms with Crippen molar-refractivity contribution in [3.63, 3.8) is 0 Å². The van der Waals surface area contributed by atoms with Gasteiger partial charge < -0.3 is 14.3 Å². The van der Waals surface area contributed by atoms with Gasteiger partial charge in [0.2, 0.25) is 0 Å². The molecule has 0 saturated carbocycles. The maximum atomic E-state index is 12.8. The molecule has 0 bridgehead atoms. The van der Waals surface area contributed by atoms with Crippen LogP contribution in [-0.2, 0) is 0 Å². The molecule has 4 aromatic rings. The average molecular weight is 378 g/mol. The zero-order valence-corrected chi connectivity index (χ0v) is 16.9. The van der Waals surface area contributed by atoms with Gasteiger partial charge in [-0.25, -0.2) is 0 Å². The van der Waals surface area contributed by atoms with Crippen LogP contribution in [0, 0.1) is 0 Å². The molecule has 1 aromatic heterocycles. The Labute approximate surface area is 165 Å². The number of rotatable bonds is 3. The highest BCUT2D eigenvalue weighted by Gasteiger charge is 2.18. The van der Waals surface area contributed by atoms with Gasteiger partial charge in [-0.1, -0.05) is 52.0 Å². The van der Waals surface area contributed by atoms with Crippen molar-refractivity contribution in [1.82, 2.24) is 0 Å². The van der Waals surface area contributed by atoms with Crippen LogP contribution in [0.2, 0.25) is 0 Å². The number of methoxy groups -OCH3 is 1. The first-order valence-electron chi connectivity index (χ1n) is 9.49. The fourth-order valence-electron chi connectivity index (χ4n) is 2.91. The number of furan rings is 1. The topological polar surface area (TPSA) is 59.7 Å². The monoisotopic (exact) mass is 378 g/mol. The lowest BCUT2D eigenvalue weighted by Crippen LogP contribution is -2.00. The maximum absolute atomic E-state index is 12.8. The van der Waals surface area contributed by atoms with Gasteiger partial charge in [0.1, 0.15) is 23.3 Å². The number of hydrogen-bond donors (Lipinski definition) is 1. The molecule has 0 amide bonds. The molecule has 4 nitrogen and oxygen atoms in total. The van der Waals surface area contributed by atoms with E-state index < -0.39 is 0 Å². The van der Waals surface area contributed by atoms with Gasteiger partial charge in [0.25, 0.3) is 0 Å². The van der Waals surface area contributed by atoms with Crippen molar-refractivity contribution in [2.45, 2.75) is 27.7 Å². The second kappa shape index (κ2) is 9.60. The summed E-state index contributed by atoms with van der Waals surface area (Å²) in [6, 6.07) is 15.9. The quantitative estimate of drug-likeness (QED) is 0.409. The zero-order chi connectivity index (χ0) is 20.7. The molecule has 1 N–H and O–H groups in total. The number of phenolic OH excluding ortho intramolecular Hbond substituents is 1. The average Bonchev–Trinajstić information content (AvgIpc) is 3.20. The Bertz CT molecular complexity index is 1060. The van der Waals surface area contributed by atoms with E-state index >= 15 is 0 Å². The molecule has 0 unspecified atom stereocenters. The molecule has 0 aliphatic rings. The number of phenols is 1. The van der Waals surface area contributed by atoms with Crippen LogP contribution < -0.4 is 4.74 Å². The molecule has 4 rings (SSSR count). The Morgan fingerprint density at radius 2 is 1.50 bits per heavy atom. The van der Waals surface area contributed by atoms with Crippen LogP contribution in [0.5, 0.6) is 11.5 Å². The molecule has 1 heterocycles. The summed E-state index contributed by atoms with van der Waals surface area (Å²) in [5.41, 5.74) is 1.56. The number of aromatic hydroxyl groups is 1. The Morgan fingerprint density at radius 3 is 2.11 bits per heavy atom. The van der Waals surface area contributed by atoms with Crippen molar-refractivity contribution in [3.8, 4) is 11.5 Å². The van der Waals surface area contributed by atoms with Gasteiger partial charge in [-0.15, -0.1) is 0 Å². The summed E-state index contributed by atoms with van der Waals surface area (Å²) >= 11 is 0. The lowest BCUT2D eigenvalue weighted by atomic mass is 10.00. The molecule has 0 fully saturated rings. The number of ketones is 1. The van der Waals surface area contributed by atoms with Gasteiger partial charge in [-0.2, -0.15) is 0 Å². The van der Waals surface area contributed by atoms with E-state index in [0.29, 0.717) is 33.2 Å². The van der Waals surface area contributed by atoms with Crippen molar-refractivity contribution in [2.75, 3.05) is 7.11 Å². The van der Waals surface area contributed by atoms with E-state index in [1.165, 1.54) is 6.26 Å². The molecule has 0 saturated heterocycles.